The number of nitrogens with one attached hydrogen (secondary N) is 3. The minimum absolute atomic E-state index is 0.204. The van der Waals surface area contributed by atoms with Crippen LogP contribution in [0, 0.1) is 13.8 Å². The summed E-state index contributed by atoms with van der Waals surface area (Å²) in [5, 5.41) is 9.07. The van der Waals surface area contributed by atoms with E-state index in [2.05, 4.69) is 21.2 Å². The standard InChI is InChI=1S/C26H26N4O5/c1-17-9-11-21(13-18(17)2)29-25(32)26(33)30-27-15-19-10-12-22(23(14-19)34-3)35-16-24(31)28-20-7-5-4-6-8-20/h4-15H,16H2,1-3H3,(H,28,31)(H,29,32)(H,30,33)/b27-15-. The molecule has 0 aliphatic heterocycles. The Hall–Kier alpha value is -4.66. The van der Waals surface area contributed by atoms with Gasteiger partial charge in [0.2, 0.25) is 0 Å². The average molecular weight is 475 g/mol. The Bertz CT molecular complexity index is 1240. The Labute approximate surface area is 203 Å². The third-order valence-electron chi connectivity index (χ3n) is 4.95. The predicted molar refractivity (Wildman–Crippen MR) is 134 cm³/mol. The number of nitrogens with zero attached hydrogens (tertiary/aromatic N) is 1. The van der Waals surface area contributed by atoms with Crippen LogP contribution < -0.4 is 25.5 Å². The second-order valence-electron chi connectivity index (χ2n) is 7.57. The van der Waals surface area contributed by atoms with Crippen molar-refractivity contribution < 1.29 is 23.9 Å². The molecule has 9 heteroatoms. The minimum Gasteiger partial charge on any atom is -0.493 e. The summed E-state index contributed by atoms with van der Waals surface area (Å²) in [7, 11) is 1.46. The number of rotatable bonds is 8. The lowest BCUT2D eigenvalue weighted by molar-refractivity contribution is -0.136. The summed E-state index contributed by atoms with van der Waals surface area (Å²) in [6, 6.07) is 19.3. The van der Waals surface area contributed by atoms with Gasteiger partial charge in [0.25, 0.3) is 5.91 Å². The molecule has 0 aliphatic rings. The van der Waals surface area contributed by atoms with Gasteiger partial charge in [-0.2, -0.15) is 5.10 Å². The van der Waals surface area contributed by atoms with E-state index in [4.69, 9.17) is 9.47 Å². The molecule has 35 heavy (non-hydrogen) atoms. The first-order valence-corrected chi connectivity index (χ1v) is 10.7. The number of ether oxygens (including phenoxy) is 2. The van der Waals surface area contributed by atoms with Crippen LogP contribution >= 0.6 is 0 Å². The van der Waals surface area contributed by atoms with Crippen LogP contribution in [0.5, 0.6) is 11.5 Å². The maximum absolute atomic E-state index is 12.1. The van der Waals surface area contributed by atoms with Crippen LogP contribution in [0.2, 0.25) is 0 Å². The quantitative estimate of drug-likeness (QED) is 0.263. The molecule has 3 amide bonds. The SMILES string of the molecule is COc1cc(/C=N\NC(=O)C(=O)Nc2ccc(C)c(C)c2)ccc1OCC(=O)Nc1ccccc1. The molecule has 0 radical (unpaired) electrons. The van der Waals surface area contributed by atoms with Gasteiger partial charge in [-0.15, -0.1) is 0 Å². The van der Waals surface area contributed by atoms with Crippen LogP contribution in [0.15, 0.2) is 71.8 Å². The fraction of sp³-hybridized carbons (Fsp3) is 0.154. The van der Waals surface area contributed by atoms with Crippen molar-refractivity contribution in [2.24, 2.45) is 5.10 Å². The van der Waals surface area contributed by atoms with E-state index in [1.54, 1.807) is 42.5 Å². The topological polar surface area (TPSA) is 118 Å². The number of carbonyl (C=O) groups excluding carboxylic acids is 3. The second kappa shape index (κ2) is 12.0. The highest BCUT2D eigenvalue weighted by Crippen LogP contribution is 2.27. The Balaban J connectivity index is 1.52. The van der Waals surface area contributed by atoms with Crippen LogP contribution in [0.3, 0.4) is 0 Å². The van der Waals surface area contributed by atoms with Crippen LogP contribution in [-0.4, -0.2) is 37.7 Å². The van der Waals surface area contributed by atoms with E-state index in [1.165, 1.54) is 13.3 Å². The second-order valence-corrected chi connectivity index (χ2v) is 7.57. The monoisotopic (exact) mass is 474 g/mol. The van der Waals surface area contributed by atoms with Gasteiger partial charge in [-0.3, -0.25) is 14.4 Å². The van der Waals surface area contributed by atoms with E-state index in [9.17, 15) is 14.4 Å². The van der Waals surface area contributed by atoms with Crippen molar-refractivity contribution in [3.05, 3.63) is 83.4 Å². The van der Waals surface area contributed by atoms with E-state index < -0.39 is 11.8 Å². The minimum atomic E-state index is -0.907. The number of hydrazone groups is 1. The van der Waals surface area contributed by atoms with Gasteiger partial charge in [0.05, 0.1) is 13.3 Å². The van der Waals surface area contributed by atoms with Crippen LogP contribution in [0.4, 0.5) is 11.4 Å². The molecule has 0 unspecified atom stereocenters. The normalized spacial score (nSPS) is 10.5. The summed E-state index contributed by atoms with van der Waals surface area (Å²) < 4.78 is 10.9. The zero-order valence-corrected chi connectivity index (χ0v) is 19.6. The lowest BCUT2D eigenvalue weighted by atomic mass is 10.1. The number of amides is 3. The number of anilines is 2. The Morgan fingerprint density at radius 1 is 0.829 bits per heavy atom. The molecule has 0 saturated heterocycles. The average Bonchev–Trinajstić information content (AvgIpc) is 2.85. The molecule has 3 N–H and O–H groups in total. The van der Waals surface area contributed by atoms with Crippen molar-refractivity contribution in [3.63, 3.8) is 0 Å². The lowest BCUT2D eigenvalue weighted by Crippen LogP contribution is -2.32. The van der Waals surface area contributed by atoms with Gasteiger partial charge in [0.15, 0.2) is 18.1 Å². The zero-order chi connectivity index (χ0) is 25.2. The third-order valence-corrected chi connectivity index (χ3v) is 4.95. The number of para-hydroxylation sites is 1. The maximum atomic E-state index is 12.1. The Kier molecular flexibility index (Phi) is 8.55. The number of hydrogen-bond acceptors (Lipinski definition) is 6. The first-order valence-electron chi connectivity index (χ1n) is 10.7. The summed E-state index contributed by atoms with van der Waals surface area (Å²) in [5.74, 6) is -1.31. The molecule has 0 saturated carbocycles. The van der Waals surface area contributed by atoms with E-state index in [1.807, 2.05) is 38.1 Å². The fourth-order valence-electron chi connectivity index (χ4n) is 2.97. The van der Waals surface area contributed by atoms with Gasteiger partial charge in [-0.1, -0.05) is 24.3 Å². The largest absolute Gasteiger partial charge is 0.493 e. The van der Waals surface area contributed by atoms with Crippen LogP contribution in [0.25, 0.3) is 0 Å². The van der Waals surface area contributed by atoms with Crippen molar-refractivity contribution in [1.82, 2.24) is 5.43 Å². The number of aryl methyl sites for hydroxylation is 2. The highest BCUT2D eigenvalue weighted by Gasteiger charge is 2.13. The van der Waals surface area contributed by atoms with Crippen molar-refractivity contribution in [2.75, 3.05) is 24.4 Å². The molecule has 0 heterocycles. The Morgan fingerprint density at radius 3 is 2.31 bits per heavy atom. The molecule has 0 atom stereocenters. The van der Waals surface area contributed by atoms with Gasteiger partial charge >= 0.3 is 11.8 Å². The molecule has 180 valence electrons. The first kappa shape index (κ1) is 25.0. The molecule has 9 nitrogen and oxygen atoms in total. The summed E-state index contributed by atoms with van der Waals surface area (Å²) in [5.41, 5.74) is 6.04. The molecular formula is C26H26N4O5. The highest BCUT2D eigenvalue weighted by molar-refractivity contribution is 6.39. The van der Waals surface area contributed by atoms with Crippen molar-refractivity contribution >= 4 is 35.3 Å². The molecule has 3 aromatic rings. The number of hydrogen-bond donors (Lipinski definition) is 3. The van der Waals surface area contributed by atoms with Gasteiger partial charge in [-0.25, -0.2) is 5.43 Å². The van der Waals surface area contributed by atoms with Gasteiger partial charge in [0.1, 0.15) is 0 Å². The summed E-state index contributed by atoms with van der Waals surface area (Å²) in [6.07, 6.45) is 1.36. The third kappa shape index (κ3) is 7.43. The fourth-order valence-corrected chi connectivity index (χ4v) is 2.97. The van der Waals surface area contributed by atoms with Gasteiger partial charge in [-0.05, 0) is 73.0 Å². The van der Waals surface area contributed by atoms with Gasteiger partial charge in [0, 0.05) is 11.4 Å². The molecule has 0 aliphatic carbocycles. The van der Waals surface area contributed by atoms with Crippen molar-refractivity contribution in [3.8, 4) is 11.5 Å². The van der Waals surface area contributed by atoms with Crippen molar-refractivity contribution in [2.45, 2.75) is 13.8 Å². The van der Waals surface area contributed by atoms with Gasteiger partial charge < -0.3 is 20.1 Å². The maximum Gasteiger partial charge on any atom is 0.329 e. The number of methoxy groups -OCH3 is 1. The van der Waals surface area contributed by atoms with Crippen molar-refractivity contribution in [1.29, 1.82) is 0 Å². The Morgan fingerprint density at radius 2 is 1.60 bits per heavy atom. The molecular weight excluding hydrogens is 448 g/mol. The predicted octanol–water partition coefficient (Wildman–Crippen LogP) is 3.42. The first-order chi connectivity index (χ1) is 16.9. The van der Waals surface area contributed by atoms with Crippen LogP contribution in [-0.2, 0) is 14.4 Å². The summed E-state index contributed by atoms with van der Waals surface area (Å²) in [6.45, 7) is 3.67. The number of carbonyl (C=O) groups is 3. The van der Waals surface area contributed by atoms with E-state index in [0.717, 1.165) is 11.1 Å². The number of benzene rings is 3. The molecule has 3 rings (SSSR count). The molecule has 0 fully saturated rings. The summed E-state index contributed by atoms with van der Waals surface area (Å²) in [4.78, 5) is 36.2. The van der Waals surface area contributed by atoms with E-state index >= 15 is 0 Å². The summed E-state index contributed by atoms with van der Waals surface area (Å²) >= 11 is 0. The molecule has 3 aromatic carbocycles. The molecule has 0 bridgehead atoms. The van der Waals surface area contributed by atoms with Crippen LogP contribution in [0.1, 0.15) is 16.7 Å². The molecule has 0 spiro atoms. The lowest BCUT2D eigenvalue weighted by Gasteiger charge is -2.11. The van der Waals surface area contributed by atoms with E-state index in [0.29, 0.717) is 28.4 Å². The zero-order valence-electron chi connectivity index (χ0n) is 19.6. The highest BCUT2D eigenvalue weighted by atomic mass is 16.5. The molecule has 0 aromatic heterocycles. The smallest absolute Gasteiger partial charge is 0.329 e. The van der Waals surface area contributed by atoms with E-state index in [-0.39, 0.29) is 12.5 Å².